The molecule has 0 radical (unpaired) electrons. The van der Waals surface area contributed by atoms with Crippen molar-refractivity contribution in [3.63, 3.8) is 0 Å². The van der Waals surface area contributed by atoms with Crippen LogP contribution >= 0.6 is 11.6 Å². The molecule has 0 saturated carbocycles. The van der Waals surface area contributed by atoms with Gasteiger partial charge in [-0.3, -0.25) is 10.0 Å². The fourth-order valence-electron chi connectivity index (χ4n) is 2.62. The summed E-state index contributed by atoms with van der Waals surface area (Å²) in [5.41, 5.74) is 2.28. The van der Waals surface area contributed by atoms with Gasteiger partial charge in [-0.1, -0.05) is 55.8 Å². The summed E-state index contributed by atoms with van der Waals surface area (Å²) in [4.78, 5) is 11.7. The van der Waals surface area contributed by atoms with Gasteiger partial charge in [0.2, 0.25) is 5.91 Å². The number of hydrogen-bond donors (Lipinski definition) is 1. The van der Waals surface area contributed by atoms with Crippen LogP contribution < -0.4 is 0 Å². The summed E-state index contributed by atoms with van der Waals surface area (Å²) in [7, 11) is 0. The van der Waals surface area contributed by atoms with Crippen LogP contribution in [0.2, 0.25) is 5.02 Å². The molecule has 5 heteroatoms. The molecule has 0 saturated heterocycles. The van der Waals surface area contributed by atoms with Gasteiger partial charge in [-0.2, -0.15) is 0 Å². The second-order valence-corrected chi connectivity index (χ2v) is 6.26. The minimum atomic E-state index is -0.300. The Labute approximate surface area is 139 Å². The maximum atomic E-state index is 11.7. The first-order chi connectivity index (χ1) is 11.0. The van der Waals surface area contributed by atoms with Crippen molar-refractivity contribution in [1.82, 2.24) is 5.06 Å². The number of amides is 1. The maximum absolute atomic E-state index is 11.7. The number of para-hydroxylation sites is 1. The molecule has 0 atom stereocenters. The fraction of sp³-hybridized carbons (Fsp3) is 0.278. The van der Waals surface area contributed by atoms with Gasteiger partial charge in [0.25, 0.3) is 0 Å². The van der Waals surface area contributed by atoms with Crippen LogP contribution in [0.15, 0.2) is 40.8 Å². The molecular weight excluding hydrogens is 314 g/mol. The summed E-state index contributed by atoms with van der Waals surface area (Å²) >= 11 is 6.46. The van der Waals surface area contributed by atoms with E-state index >= 15 is 0 Å². The molecule has 1 aromatic heterocycles. The number of halogens is 1. The predicted octanol–water partition coefficient (Wildman–Crippen LogP) is 4.66. The predicted molar refractivity (Wildman–Crippen MR) is 90.8 cm³/mol. The zero-order chi connectivity index (χ0) is 16.6. The van der Waals surface area contributed by atoms with E-state index in [1.165, 1.54) is 0 Å². The first kappa shape index (κ1) is 15.8. The van der Waals surface area contributed by atoms with Gasteiger partial charge in [-0.15, -0.1) is 0 Å². The second kappa shape index (κ2) is 6.22. The zero-order valence-electron chi connectivity index (χ0n) is 13.0. The summed E-state index contributed by atoms with van der Waals surface area (Å²) < 4.78 is 5.84. The van der Waals surface area contributed by atoms with Crippen molar-refractivity contribution in [2.24, 2.45) is 5.92 Å². The number of nitrogens with zero attached hydrogens (tertiary/aromatic N) is 1. The third-order valence-electron chi connectivity index (χ3n) is 3.91. The SMILES string of the molecule is CC(C)C(=O)N(O)CCc1ccc2c(oc3ccccc32)c1Cl. The molecule has 120 valence electrons. The van der Waals surface area contributed by atoms with Crippen molar-refractivity contribution in [3.05, 3.63) is 47.0 Å². The molecule has 0 unspecified atom stereocenters. The minimum Gasteiger partial charge on any atom is -0.454 e. The summed E-state index contributed by atoms with van der Waals surface area (Å²) in [5.74, 6) is -0.542. The van der Waals surface area contributed by atoms with E-state index in [0.717, 1.165) is 27.0 Å². The molecule has 0 spiro atoms. The number of rotatable bonds is 4. The number of carbonyl (C=O) groups is 1. The quantitative estimate of drug-likeness (QED) is 0.559. The van der Waals surface area contributed by atoms with Crippen LogP contribution in [0.5, 0.6) is 0 Å². The van der Waals surface area contributed by atoms with E-state index in [-0.39, 0.29) is 18.4 Å². The summed E-state index contributed by atoms with van der Waals surface area (Å²) in [5, 5.41) is 13.1. The molecule has 0 aliphatic carbocycles. The van der Waals surface area contributed by atoms with Crippen molar-refractivity contribution < 1.29 is 14.4 Å². The van der Waals surface area contributed by atoms with Crippen LogP contribution in [-0.4, -0.2) is 22.7 Å². The largest absolute Gasteiger partial charge is 0.454 e. The Morgan fingerprint density at radius 2 is 1.96 bits per heavy atom. The van der Waals surface area contributed by atoms with E-state index in [4.69, 9.17) is 16.0 Å². The van der Waals surface area contributed by atoms with Crippen molar-refractivity contribution >= 4 is 39.4 Å². The van der Waals surface area contributed by atoms with E-state index in [1.54, 1.807) is 13.8 Å². The number of fused-ring (bicyclic) bond motifs is 3. The highest BCUT2D eigenvalue weighted by molar-refractivity contribution is 6.36. The van der Waals surface area contributed by atoms with Crippen LogP contribution in [0.4, 0.5) is 0 Å². The minimum absolute atomic E-state index is 0.197. The van der Waals surface area contributed by atoms with Gasteiger partial charge in [0.05, 0.1) is 11.6 Å². The van der Waals surface area contributed by atoms with Gasteiger partial charge < -0.3 is 4.42 Å². The van der Waals surface area contributed by atoms with E-state index < -0.39 is 0 Å². The average molecular weight is 332 g/mol. The van der Waals surface area contributed by atoms with Crippen LogP contribution in [-0.2, 0) is 11.2 Å². The normalized spacial score (nSPS) is 11.5. The standard InChI is InChI=1S/C18H18ClNO3/c1-11(2)18(21)20(22)10-9-12-7-8-14-13-5-3-4-6-15(13)23-17(14)16(12)19/h3-8,11,22H,9-10H2,1-2H3. The van der Waals surface area contributed by atoms with Gasteiger partial charge in [-0.25, -0.2) is 5.06 Å². The Morgan fingerprint density at radius 1 is 1.22 bits per heavy atom. The molecule has 0 aliphatic rings. The third-order valence-corrected chi connectivity index (χ3v) is 4.32. The van der Waals surface area contributed by atoms with Gasteiger partial charge >= 0.3 is 0 Å². The van der Waals surface area contributed by atoms with Gasteiger partial charge in [0.15, 0.2) is 5.58 Å². The molecule has 1 N–H and O–H groups in total. The molecule has 1 amide bonds. The van der Waals surface area contributed by atoms with Crippen LogP contribution in [0.25, 0.3) is 21.9 Å². The van der Waals surface area contributed by atoms with Gasteiger partial charge in [-0.05, 0) is 18.1 Å². The van der Waals surface area contributed by atoms with Crippen molar-refractivity contribution in [1.29, 1.82) is 0 Å². The lowest BCUT2D eigenvalue weighted by Gasteiger charge is -2.17. The van der Waals surface area contributed by atoms with E-state index in [0.29, 0.717) is 17.0 Å². The highest BCUT2D eigenvalue weighted by Crippen LogP contribution is 2.35. The molecule has 0 fully saturated rings. The molecule has 0 aliphatic heterocycles. The van der Waals surface area contributed by atoms with Gasteiger partial charge in [0, 0.05) is 16.7 Å². The van der Waals surface area contributed by atoms with E-state index in [2.05, 4.69) is 0 Å². The molecule has 3 rings (SSSR count). The van der Waals surface area contributed by atoms with Crippen molar-refractivity contribution in [2.45, 2.75) is 20.3 Å². The maximum Gasteiger partial charge on any atom is 0.248 e. The molecule has 0 bridgehead atoms. The number of hydrogen-bond acceptors (Lipinski definition) is 3. The fourth-order valence-corrected chi connectivity index (χ4v) is 2.92. The van der Waals surface area contributed by atoms with E-state index in [9.17, 15) is 10.0 Å². The molecule has 4 nitrogen and oxygen atoms in total. The molecule has 3 aromatic rings. The summed E-state index contributed by atoms with van der Waals surface area (Å²) in [6.07, 6.45) is 0.459. The summed E-state index contributed by atoms with van der Waals surface area (Å²) in [6.45, 7) is 3.69. The number of furan rings is 1. The lowest BCUT2D eigenvalue weighted by Crippen LogP contribution is -2.32. The monoisotopic (exact) mass is 331 g/mol. The lowest BCUT2D eigenvalue weighted by atomic mass is 10.1. The van der Waals surface area contributed by atoms with E-state index in [1.807, 2.05) is 36.4 Å². The molecule has 2 aromatic carbocycles. The highest BCUT2D eigenvalue weighted by Gasteiger charge is 2.17. The first-order valence-electron chi connectivity index (χ1n) is 7.58. The Bertz CT molecular complexity index is 869. The Kier molecular flexibility index (Phi) is 4.28. The number of carbonyl (C=O) groups excluding carboxylic acids is 1. The van der Waals surface area contributed by atoms with Crippen LogP contribution in [0.1, 0.15) is 19.4 Å². The molecule has 1 heterocycles. The smallest absolute Gasteiger partial charge is 0.248 e. The second-order valence-electron chi connectivity index (χ2n) is 5.88. The summed E-state index contributed by atoms with van der Waals surface area (Å²) in [6, 6.07) is 11.7. The average Bonchev–Trinajstić information content (AvgIpc) is 2.92. The Balaban J connectivity index is 1.89. The van der Waals surface area contributed by atoms with Crippen molar-refractivity contribution in [2.75, 3.05) is 6.54 Å². The topological polar surface area (TPSA) is 53.7 Å². The number of benzene rings is 2. The first-order valence-corrected chi connectivity index (χ1v) is 7.95. The molecule has 23 heavy (non-hydrogen) atoms. The Morgan fingerprint density at radius 3 is 2.70 bits per heavy atom. The lowest BCUT2D eigenvalue weighted by molar-refractivity contribution is -0.168. The third kappa shape index (κ3) is 2.92. The Hall–Kier alpha value is -2.04. The van der Waals surface area contributed by atoms with Gasteiger partial charge in [0.1, 0.15) is 5.58 Å². The van der Waals surface area contributed by atoms with Crippen molar-refractivity contribution in [3.8, 4) is 0 Å². The highest BCUT2D eigenvalue weighted by atomic mass is 35.5. The molecular formula is C18H18ClNO3. The van der Waals surface area contributed by atoms with Crippen LogP contribution in [0, 0.1) is 5.92 Å². The number of hydroxylamine groups is 2. The zero-order valence-corrected chi connectivity index (χ0v) is 13.8. The van der Waals surface area contributed by atoms with Crippen LogP contribution in [0.3, 0.4) is 0 Å².